The molecular weight excluding hydrogens is 431 g/mol. The number of carbonyl (C=O) groups is 1. The molecule has 0 aliphatic heterocycles. The molecule has 5 heteroatoms. The Morgan fingerprint density at radius 2 is 1.30 bits per heavy atom. The molecule has 4 aromatic carbocycles. The van der Waals surface area contributed by atoms with Crippen LogP contribution in [-0.2, 0) is 0 Å². The SMILES string of the molecule is O=C(Nc1nc(-c2ccc(F)cc2)c(-c2ccccc2)s1)c1ccccc1-c1ccccc1. The van der Waals surface area contributed by atoms with Gasteiger partial charge >= 0.3 is 0 Å². The molecule has 0 fully saturated rings. The van der Waals surface area contributed by atoms with E-state index in [1.165, 1.54) is 23.5 Å². The van der Waals surface area contributed by atoms with E-state index in [4.69, 9.17) is 4.98 Å². The van der Waals surface area contributed by atoms with Gasteiger partial charge in [0.15, 0.2) is 5.13 Å². The molecule has 1 amide bonds. The highest BCUT2D eigenvalue weighted by atomic mass is 32.1. The second-order valence-electron chi connectivity index (χ2n) is 7.44. The summed E-state index contributed by atoms with van der Waals surface area (Å²) in [6.45, 7) is 0. The summed E-state index contributed by atoms with van der Waals surface area (Å²) in [4.78, 5) is 18.9. The van der Waals surface area contributed by atoms with Crippen LogP contribution in [0.5, 0.6) is 0 Å². The molecule has 33 heavy (non-hydrogen) atoms. The molecule has 1 heterocycles. The van der Waals surface area contributed by atoms with Crippen LogP contribution in [0.3, 0.4) is 0 Å². The summed E-state index contributed by atoms with van der Waals surface area (Å²) in [6.07, 6.45) is 0. The maximum absolute atomic E-state index is 13.5. The van der Waals surface area contributed by atoms with Crippen LogP contribution in [0.2, 0.25) is 0 Å². The highest BCUT2D eigenvalue weighted by Gasteiger charge is 2.18. The lowest BCUT2D eigenvalue weighted by atomic mass is 9.99. The third-order valence-corrected chi connectivity index (χ3v) is 6.28. The van der Waals surface area contributed by atoms with Crippen molar-refractivity contribution in [3.8, 4) is 32.8 Å². The van der Waals surface area contributed by atoms with Crippen molar-refractivity contribution in [1.29, 1.82) is 0 Å². The van der Waals surface area contributed by atoms with Gasteiger partial charge in [0.05, 0.1) is 10.6 Å². The minimum Gasteiger partial charge on any atom is -0.298 e. The quantitative estimate of drug-likeness (QED) is 0.301. The molecule has 0 radical (unpaired) electrons. The Labute approximate surface area is 195 Å². The average molecular weight is 451 g/mol. The predicted molar refractivity (Wildman–Crippen MR) is 133 cm³/mol. The first-order valence-corrected chi connectivity index (χ1v) is 11.3. The highest BCUT2D eigenvalue weighted by Crippen LogP contribution is 2.39. The summed E-state index contributed by atoms with van der Waals surface area (Å²) in [5, 5.41) is 3.46. The van der Waals surface area contributed by atoms with Crippen molar-refractivity contribution in [2.24, 2.45) is 0 Å². The van der Waals surface area contributed by atoms with Crippen LogP contribution in [0.25, 0.3) is 32.8 Å². The number of rotatable bonds is 5. The summed E-state index contributed by atoms with van der Waals surface area (Å²) in [5.41, 5.74) is 4.88. The van der Waals surface area contributed by atoms with Gasteiger partial charge in [0, 0.05) is 11.1 Å². The highest BCUT2D eigenvalue weighted by molar-refractivity contribution is 7.19. The fraction of sp³-hybridized carbons (Fsp3) is 0. The van der Waals surface area contributed by atoms with Gasteiger partial charge in [0.2, 0.25) is 0 Å². The molecule has 0 aliphatic rings. The van der Waals surface area contributed by atoms with Gasteiger partial charge < -0.3 is 0 Å². The van der Waals surface area contributed by atoms with Crippen LogP contribution in [0, 0.1) is 5.82 Å². The van der Waals surface area contributed by atoms with Gasteiger partial charge in [-0.2, -0.15) is 0 Å². The molecule has 1 N–H and O–H groups in total. The van der Waals surface area contributed by atoms with Gasteiger partial charge in [-0.15, -0.1) is 0 Å². The van der Waals surface area contributed by atoms with E-state index in [1.54, 1.807) is 12.1 Å². The Morgan fingerprint density at radius 3 is 2.00 bits per heavy atom. The summed E-state index contributed by atoms with van der Waals surface area (Å²) < 4.78 is 13.5. The van der Waals surface area contributed by atoms with Crippen molar-refractivity contribution in [2.45, 2.75) is 0 Å². The van der Waals surface area contributed by atoms with E-state index in [-0.39, 0.29) is 11.7 Å². The summed E-state index contributed by atoms with van der Waals surface area (Å²) in [5.74, 6) is -0.533. The number of nitrogens with one attached hydrogen (secondary N) is 1. The van der Waals surface area contributed by atoms with Crippen molar-refractivity contribution < 1.29 is 9.18 Å². The Balaban J connectivity index is 1.52. The molecule has 0 saturated carbocycles. The number of benzene rings is 4. The summed E-state index contributed by atoms with van der Waals surface area (Å²) in [7, 11) is 0. The van der Waals surface area contributed by atoms with Crippen LogP contribution >= 0.6 is 11.3 Å². The Kier molecular flexibility index (Phi) is 5.79. The number of anilines is 1. The van der Waals surface area contributed by atoms with Crippen molar-refractivity contribution in [3.63, 3.8) is 0 Å². The number of nitrogens with zero attached hydrogens (tertiary/aromatic N) is 1. The monoisotopic (exact) mass is 450 g/mol. The number of thiazole rings is 1. The maximum atomic E-state index is 13.5. The number of hydrogen-bond acceptors (Lipinski definition) is 3. The predicted octanol–water partition coefficient (Wildman–Crippen LogP) is 7.54. The molecule has 160 valence electrons. The largest absolute Gasteiger partial charge is 0.298 e. The van der Waals surface area contributed by atoms with Crippen molar-refractivity contribution in [2.75, 3.05) is 5.32 Å². The normalized spacial score (nSPS) is 10.7. The molecule has 3 nitrogen and oxygen atoms in total. The van der Waals surface area contributed by atoms with Crippen LogP contribution in [-0.4, -0.2) is 10.9 Å². The average Bonchev–Trinajstić information content (AvgIpc) is 3.29. The number of aromatic nitrogens is 1. The van der Waals surface area contributed by atoms with Gasteiger partial charge in [-0.25, -0.2) is 9.37 Å². The third-order valence-electron chi connectivity index (χ3n) is 5.26. The molecule has 0 aliphatic carbocycles. The first-order valence-electron chi connectivity index (χ1n) is 10.5. The van der Waals surface area contributed by atoms with Gasteiger partial charge in [0.25, 0.3) is 5.91 Å². The van der Waals surface area contributed by atoms with E-state index < -0.39 is 0 Å². The lowest BCUT2D eigenvalue weighted by Crippen LogP contribution is -2.13. The minimum absolute atomic E-state index is 0.228. The first-order chi connectivity index (χ1) is 16.2. The summed E-state index contributed by atoms with van der Waals surface area (Å²) >= 11 is 1.40. The minimum atomic E-state index is -0.304. The fourth-order valence-electron chi connectivity index (χ4n) is 3.68. The van der Waals surface area contributed by atoms with Crippen molar-refractivity contribution >= 4 is 22.4 Å². The Hall–Kier alpha value is -4.09. The van der Waals surface area contributed by atoms with Gasteiger partial charge in [-0.1, -0.05) is 90.2 Å². The number of halogens is 1. The number of carbonyl (C=O) groups excluding carboxylic acids is 1. The van der Waals surface area contributed by atoms with E-state index >= 15 is 0 Å². The summed E-state index contributed by atoms with van der Waals surface area (Å²) in [6, 6.07) is 33.4. The van der Waals surface area contributed by atoms with Crippen molar-refractivity contribution in [3.05, 3.63) is 121 Å². The van der Waals surface area contributed by atoms with E-state index in [0.717, 1.165) is 27.1 Å². The van der Waals surface area contributed by atoms with E-state index in [0.29, 0.717) is 16.4 Å². The molecular formula is C28H19FN2OS. The first kappa shape index (κ1) is 20.8. The second-order valence-corrected chi connectivity index (χ2v) is 8.43. The Morgan fingerprint density at radius 1 is 0.697 bits per heavy atom. The number of amides is 1. The van der Waals surface area contributed by atoms with Gasteiger partial charge in [-0.3, -0.25) is 10.1 Å². The van der Waals surface area contributed by atoms with Crippen molar-refractivity contribution in [1.82, 2.24) is 4.98 Å². The third kappa shape index (κ3) is 4.45. The van der Waals surface area contributed by atoms with Gasteiger partial charge in [-0.05, 0) is 47.0 Å². The molecule has 0 spiro atoms. The zero-order chi connectivity index (χ0) is 22.6. The van der Waals surface area contributed by atoms with E-state index in [9.17, 15) is 9.18 Å². The Bertz CT molecular complexity index is 1400. The maximum Gasteiger partial charge on any atom is 0.258 e. The molecule has 1 aromatic heterocycles. The van der Waals surface area contributed by atoms with Crippen LogP contribution < -0.4 is 5.32 Å². The fourth-order valence-corrected chi connectivity index (χ4v) is 4.67. The molecule has 5 aromatic rings. The van der Waals surface area contributed by atoms with Gasteiger partial charge in [0.1, 0.15) is 5.82 Å². The lowest BCUT2D eigenvalue weighted by molar-refractivity contribution is 0.102. The molecule has 0 atom stereocenters. The van der Waals surface area contributed by atoms with Crippen LogP contribution in [0.15, 0.2) is 109 Å². The molecule has 5 rings (SSSR count). The van der Waals surface area contributed by atoms with E-state index in [1.807, 2.05) is 84.9 Å². The topological polar surface area (TPSA) is 42.0 Å². The number of hydrogen-bond donors (Lipinski definition) is 1. The zero-order valence-electron chi connectivity index (χ0n) is 17.5. The molecule has 0 bridgehead atoms. The van der Waals surface area contributed by atoms with Crippen LogP contribution in [0.4, 0.5) is 9.52 Å². The standard InChI is InChI=1S/C28H19FN2OS/c29-22-17-15-20(16-18-22)25-26(21-11-5-2-6-12-21)33-28(30-25)31-27(32)24-14-8-7-13-23(24)19-9-3-1-4-10-19/h1-18H,(H,30,31,32). The second kappa shape index (κ2) is 9.18. The molecule has 0 unspecified atom stereocenters. The van der Waals surface area contributed by atoms with E-state index in [2.05, 4.69) is 5.32 Å². The molecule has 0 saturated heterocycles. The lowest BCUT2D eigenvalue weighted by Gasteiger charge is -2.09. The van der Waals surface area contributed by atoms with Crippen LogP contribution in [0.1, 0.15) is 10.4 Å². The zero-order valence-corrected chi connectivity index (χ0v) is 18.4. The smallest absolute Gasteiger partial charge is 0.258 e.